The van der Waals surface area contributed by atoms with E-state index in [0.717, 1.165) is 49.4 Å². The van der Waals surface area contributed by atoms with Crippen LogP contribution in [-0.2, 0) is 6.54 Å². The number of nitrogens with one attached hydrogen (secondary N) is 1. The van der Waals surface area contributed by atoms with Crippen molar-refractivity contribution in [1.29, 1.82) is 0 Å². The molecule has 0 spiro atoms. The van der Waals surface area contributed by atoms with Gasteiger partial charge in [-0.3, -0.25) is 4.98 Å². The molecule has 3 nitrogen and oxygen atoms in total. The van der Waals surface area contributed by atoms with E-state index in [-0.39, 0.29) is 0 Å². The fourth-order valence-corrected chi connectivity index (χ4v) is 2.67. The molecule has 2 rings (SSSR count). The maximum atomic E-state index is 6.10. The SMILES string of the molecule is COc1cc(C)nc(CNC2CCC(Cl)CC2)c1. The summed E-state index contributed by atoms with van der Waals surface area (Å²) in [5, 5.41) is 3.94. The highest BCUT2D eigenvalue weighted by molar-refractivity contribution is 6.20. The quantitative estimate of drug-likeness (QED) is 0.853. The zero-order valence-corrected chi connectivity index (χ0v) is 11.8. The number of aromatic nitrogens is 1. The Bertz CT molecular complexity index is 389. The highest BCUT2D eigenvalue weighted by Gasteiger charge is 2.18. The molecule has 0 amide bonds. The van der Waals surface area contributed by atoms with E-state index in [9.17, 15) is 0 Å². The van der Waals surface area contributed by atoms with Gasteiger partial charge in [0.1, 0.15) is 5.75 Å². The summed E-state index contributed by atoms with van der Waals surface area (Å²) in [6.45, 7) is 2.79. The largest absolute Gasteiger partial charge is 0.497 e. The summed E-state index contributed by atoms with van der Waals surface area (Å²) in [5.74, 6) is 0.878. The molecular formula is C14H21ClN2O. The van der Waals surface area contributed by atoms with Crippen LogP contribution < -0.4 is 10.1 Å². The summed E-state index contributed by atoms with van der Waals surface area (Å²) in [6.07, 6.45) is 4.56. The predicted molar refractivity (Wildman–Crippen MR) is 74.3 cm³/mol. The normalized spacial score (nSPS) is 23.9. The third-order valence-electron chi connectivity index (χ3n) is 3.44. The van der Waals surface area contributed by atoms with E-state index >= 15 is 0 Å². The van der Waals surface area contributed by atoms with Crippen molar-refractivity contribution in [3.63, 3.8) is 0 Å². The summed E-state index contributed by atoms with van der Waals surface area (Å²) in [4.78, 5) is 4.51. The first-order valence-electron chi connectivity index (χ1n) is 6.56. The predicted octanol–water partition coefficient (Wildman–Crippen LogP) is 3.04. The maximum absolute atomic E-state index is 6.10. The average molecular weight is 269 g/mol. The third-order valence-corrected chi connectivity index (χ3v) is 3.88. The van der Waals surface area contributed by atoms with E-state index < -0.39 is 0 Å². The number of methoxy groups -OCH3 is 1. The fraction of sp³-hybridized carbons (Fsp3) is 0.643. The van der Waals surface area contributed by atoms with Crippen LogP contribution in [0.15, 0.2) is 12.1 Å². The lowest BCUT2D eigenvalue weighted by Crippen LogP contribution is -2.33. The van der Waals surface area contributed by atoms with Gasteiger partial charge in [0.05, 0.1) is 12.8 Å². The average Bonchev–Trinajstić information content (AvgIpc) is 2.37. The second-order valence-electron chi connectivity index (χ2n) is 4.97. The first-order chi connectivity index (χ1) is 8.67. The van der Waals surface area contributed by atoms with Crippen LogP contribution >= 0.6 is 11.6 Å². The summed E-state index contributed by atoms with van der Waals surface area (Å²) >= 11 is 6.10. The number of nitrogens with zero attached hydrogens (tertiary/aromatic N) is 1. The number of hydrogen-bond donors (Lipinski definition) is 1. The van der Waals surface area contributed by atoms with Crippen molar-refractivity contribution in [2.75, 3.05) is 7.11 Å². The van der Waals surface area contributed by atoms with Gasteiger partial charge in [-0.2, -0.15) is 0 Å². The Morgan fingerprint density at radius 3 is 2.72 bits per heavy atom. The van der Waals surface area contributed by atoms with Crippen LogP contribution in [0.1, 0.15) is 37.1 Å². The van der Waals surface area contributed by atoms with Gasteiger partial charge in [0.15, 0.2) is 0 Å². The van der Waals surface area contributed by atoms with Crippen LogP contribution in [0.2, 0.25) is 0 Å². The summed E-state index contributed by atoms with van der Waals surface area (Å²) in [5.41, 5.74) is 2.04. The van der Waals surface area contributed by atoms with Crippen molar-refractivity contribution >= 4 is 11.6 Å². The molecule has 1 aromatic heterocycles. The molecule has 18 heavy (non-hydrogen) atoms. The standard InChI is InChI=1S/C14H21ClN2O/c1-10-7-14(18-2)8-13(17-10)9-16-12-5-3-11(15)4-6-12/h7-8,11-12,16H,3-6,9H2,1-2H3. The number of alkyl halides is 1. The van der Waals surface area contributed by atoms with Gasteiger partial charge in [-0.05, 0) is 32.6 Å². The molecule has 0 bridgehead atoms. The minimum atomic E-state index is 0.375. The second kappa shape index (κ2) is 6.39. The molecule has 100 valence electrons. The zero-order chi connectivity index (χ0) is 13.0. The zero-order valence-electron chi connectivity index (χ0n) is 11.1. The Labute approximate surface area is 114 Å². The van der Waals surface area contributed by atoms with Gasteiger partial charge in [0.25, 0.3) is 0 Å². The van der Waals surface area contributed by atoms with E-state index in [2.05, 4.69) is 10.3 Å². The van der Waals surface area contributed by atoms with E-state index in [4.69, 9.17) is 16.3 Å². The van der Waals surface area contributed by atoms with Gasteiger partial charge in [0.2, 0.25) is 0 Å². The fourth-order valence-electron chi connectivity index (χ4n) is 2.42. The molecule has 0 atom stereocenters. The Hall–Kier alpha value is -0.800. The first kappa shape index (κ1) is 13.6. The summed E-state index contributed by atoms with van der Waals surface area (Å²) < 4.78 is 5.26. The van der Waals surface area contributed by atoms with Gasteiger partial charge in [-0.25, -0.2) is 0 Å². The summed E-state index contributed by atoms with van der Waals surface area (Å²) in [7, 11) is 1.69. The molecule has 1 aromatic rings. The van der Waals surface area contributed by atoms with Crippen LogP contribution in [0.3, 0.4) is 0 Å². The molecule has 1 fully saturated rings. The van der Waals surface area contributed by atoms with Crippen molar-refractivity contribution in [2.24, 2.45) is 0 Å². The molecule has 1 heterocycles. The molecule has 0 radical (unpaired) electrons. The lowest BCUT2D eigenvalue weighted by Gasteiger charge is -2.25. The number of aryl methyl sites for hydroxylation is 1. The van der Waals surface area contributed by atoms with E-state index in [1.807, 2.05) is 19.1 Å². The molecule has 1 aliphatic carbocycles. The number of rotatable bonds is 4. The highest BCUT2D eigenvalue weighted by atomic mass is 35.5. The Kier molecular flexibility index (Phi) is 4.84. The van der Waals surface area contributed by atoms with Crippen LogP contribution in [-0.4, -0.2) is 23.5 Å². The Balaban J connectivity index is 1.88. The van der Waals surface area contributed by atoms with Crippen molar-refractivity contribution in [2.45, 2.75) is 50.6 Å². The van der Waals surface area contributed by atoms with Crippen molar-refractivity contribution in [3.8, 4) is 5.75 Å². The second-order valence-corrected chi connectivity index (χ2v) is 5.59. The Morgan fingerprint density at radius 2 is 2.06 bits per heavy atom. The minimum absolute atomic E-state index is 0.375. The number of pyridine rings is 1. The lowest BCUT2D eigenvalue weighted by molar-refractivity contribution is 0.373. The lowest BCUT2D eigenvalue weighted by atomic mass is 9.95. The maximum Gasteiger partial charge on any atom is 0.122 e. The van der Waals surface area contributed by atoms with E-state index in [1.165, 1.54) is 0 Å². The minimum Gasteiger partial charge on any atom is -0.497 e. The molecule has 0 saturated heterocycles. The van der Waals surface area contributed by atoms with E-state index in [1.54, 1.807) is 7.11 Å². The van der Waals surface area contributed by atoms with Gasteiger partial charge in [-0.15, -0.1) is 11.6 Å². The highest BCUT2D eigenvalue weighted by Crippen LogP contribution is 2.23. The van der Waals surface area contributed by atoms with Crippen LogP contribution in [0.25, 0.3) is 0 Å². The molecule has 0 unspecified atom stereocenters. The van der Waals surface area contributed by atoms with Crippen molar-refractivity contribution < 1.29 is 4.74 Å². The van der Waals surface area contributed by atoms with Gasteiger partial charge < -0.3 is 10.1 Å². The Morgan fingerprint density at radius 1 is 1.33 bits per heavy atom. The molecule has 0 aromatic carbocycles. The topological polar surface area (TPSA) is 34.1 Å². The molecular weight excluding hydrogens is 248 g/mol. The molecule has 1 N–H and O–H groups in total. The molecule has 0 aliphatic heterocycles. The number of ether oxygens (including phenoxy) is 1. The molecule has 4 heteroatoms. The van der Waals surface area contributed by atoms with Crippen molar-refractivity contribution in [1.82, 2.24) is 10.3 Å². The van der Waals surface area contributed by atoms with Crippen LogP contribution in [0.5, 0.6) is 5.75 Å². The van der Waals surface area contributed by atoms with Gasteiger partial charge in [0, 0.05) is 35.8 Å². The smallest absolute Gasteiger partial charge is 0.122 e. The van der Waals surface area contributed by atoms with E-state index in [0.29, 0.717) is 11.4 Å². The monoisotopic (exact) mass is 268 g/mol. The molecule has 1 aliphatic rings. The first-order valence-corrected chi connectivity index (χ1v) is 7.00. The van der Waals surface area contributed by atoms with Crippen LogP contribution in [0, 0.1) is 6.92 Å². The van der Waals surface area contributed by atoms with Crippen LogP contribution in [0.4, 0.5) is 0 Å². The number of halogens is 1. The van der Waals surface area contributed by atoms with Gasteiger partial charge in [-0.1, -0.05) is 0 Å². The van der Waals surface area contributed by atoms with Gasteiger partial charge >= 0.3 is 0 Å². The molecule has 1 saturated carbocycles. The third kappa shape index (κ3) is 3.85. The summed E-state index contributed by atoms with van der Waals surface area (Å²) in [6, 6.07) is 4.52. The van der Waals surface area contributed by atoms with Crippen molar-refractivity contribution in [3.05, 3.63) is 23.5 Å². The number of hydrogen-bond acceptors (Lipinski definition) is 3.